The van der Waals surface area contributed by atoms with E-state index in [2.05, 4.69) is 10.6 Å². The molecule has 0 unspecified atom stereocenters. The molecule has 29 heavy (non-hydrogen) atoms. The Kier molecular flexibility index (Phi) is 5.16. The molecule has 2 amide bonds. The Bertz CT molecular complexity index is 1050. The molecule has 0 fully saturated rings. The van der Waals surface area contributed by atoms with Crippen LogP contribution in [-0.2, 0) is 4.79 Å². The summed E-state index contributed by atoms with van der Waals surface area (Å²) in [5.41, 5.74) is 2.72. The van der Waals surface area contributed by atoms with Crippen LogP contribution in [0.5, 0.6) is 11.5 Å². The van der Waals surface area contributed by atoms with Crippen LogP contribution in [0, 0.1) is 6.92 Å². The number of para-hydroxylation sites is 2. The number of carbonyl (C=O) groups excluding carboxylic acids is 2. The number of benzene rings is 3. The van der Waals surface area contributed by atoms with Crippen LogP contribution < -0.4 is 20.1 Å². The van der Waals surface area contributed by atoms with Crippen molar-refractivity contribution in [3.05, 3.63) is 83.9 Å². The van der Waals surface area contributed by atoms with Gasteiger partial charge in [0.05, 0.1) is 0 Å². The highest BCUT2D eigenvalue weighted by atomic mass is 16.6. The molecule has 2 N–H and O–H groups in total. The summed E-state index contributed by atoms with van der Waals surface area (Å²) < 4.78 is 11.3. The van der Waals surface area contributed by atoms with Gasteiger partial charge < -0.3 is 20.1 Å². The summed E-state index contributed by atoms with van der Waals surface area (Å²) >= 11 is 0. The second-order valence-electron chi connectivity index (χ2n) is 6.70. The van der Waals surface area contributed by atoms with Gasteiger partial charge in [-0.25, -0.2) is 0 Å². The van der Waals surface area contributed by atoms with Crippen LogP contribution >= 0.6 is 0 Å². The predicted molar refractivity (Wildman–Crippen MR) is 111 cm³/mol. The fourth-order valence-corrected chi connectivity index (χ4v) is 3.04. The maximum absolute atomic E-state index is 12.6. The van der Waals surface area contributed by atoms with Crippen molar-refractivity contribution in [1.29, 1.82) is 0 Å². The molecule has 0 radical (unpaired) electrons. The third kappa shape index (κ3) is 4.21. The molecule has 0 spiro atoms. The number of nitrogens with one attached hydrogen (secondary N) is 2. The first-order chi connectivity index (χ1) is 14.1. The topological polar surface area (TPSA) is 76.7 Å². The lowest BCUT2D eigenvalue weighted by molar-refractivity contribution is -0.125. The summed E-state index contributed by atoms with van der Waals surface area (Å²) in [4.78, 5) is 24.9. The molecule has 0 aliphatic carbocycles. The van der Waals surface area contributed by atoms with Crippen LogP contribution in [0.2, 0.25) is 0 Å². The first-order valence-corrected chi connectivity index (χ1v) is 9.26. The number of ether oxygens (including phenoxy) is 2. The van der Waals surface area contributed by atoms with Gasteiger partial charge in [-0.2, -0.15) is 0 Å². The highest BCUT2D eigenvalue weighted by Gasteiger charge is 2.27. The first-order valence-electron chi connectivity index (χ1n) is 9.26. The lowest BCUT2D eigenvalue weighted by Gasteiger charge is -2.25. The van der Waals surface area contributed by atoms with Crippen molar-refractivity contribution in [2.75, 3.05) is 17.2 Å². The Morgan fingerprint density at radius 2 is 1.62 bits per heavy atom. The minimum Gasteiger partial charge on any atom is -0.485 e. The van der Waals surface area contributed by atoms with E-state index in [0.29, 0.717) is 28.4 Å². The van der Waals surface area contributed by atoms with E-state index in [1.807, 2.05) is 37.3 Å². The first kappa shape index (κ1) is 18.6. The van der Waals surface area contributed by atoms with E-state index >= 15 is 0 Å². The molecule has 6 heteroatoms. The largest absolute Gasteiger partial charge is 0.485 e. The van der Waals surface area contributed by atoms with E-state index in [0.717, 1.165) is 5.56 Å². The van der Waals surface area contributed by atoms with Gasteiger partial charge in [-0.05, 0) is 55.0 Å². The maximum atomic E-state index is 12.6. The molecule has 1 aliphatic rings. The third-order valence-electron chi connectivity index (χ3n) is 4.58. The number of hydrogen-bond acceptors (Lipinski definition) is 4. The van der Waals surface area contributed by atoms with Gasteiger partial charge in [0.25, 0.3) is 11.8 Å². The second kappa shape index (κ2) is 8.06. The third-order valence-corrected chi connectivity index (χ3v) is 4.58. The lowest BCUT2D eigenvalue weighted by atomic mass is 10.1. The van der Waals surface area contributed by atoms with Gasteiger partial charge in [-0.1, -0.05) is 30.3 Å². The summed E-state index contributed by atoms with van der Waals surface area (Å²) in [5.74, 6) is 0.705. The van der Waals surface area contributed by atoms with Crippen molar-refractivity contribution in [2.24, 2.45) is 0 Å². The van der Waals surface area contributed by atoms with Crippen LogP contribution in [0.1, 0.15) is 15.9 Å². The van der Waals surface area contributed by atoms with Crippen molar-refractivity contribution >= 4 is 23.2 Å². The molecular formula is C23H20N2O4. The predicted octanol–water partition coefficient (Wildman–Crippen LogP) is 4.03. The average molecular weight is 388 g/mol. The number of amides is 2. The molecule has 6 nitrogen and oxygen atoms in total. The number of hydrogen-bond donors (Lipinski definition) is 2. The molecular weight excluding hydrogens is 368 g/mol. The summed E-state index contributed by atoms with van der Waals surface area (Å²) in [6.07, 6.45) is -0.734. The zero-order valence-electron chi connectivity index (χ0n) is 15.8. The van der Waals surface area contributed by atoms with E-state index < -0.39 is 6.10 Å². The molecule has 0 saturated carbocycles. The molecule has 0 saturated heterocycles. The van der Waals surface area contributed by atoms with Gasteiger partial charge >= 0.3 is 0 Å². The van der Waals surface area contributed by atoms with Crippen molar-refractivity contribution in [2.45, 2.75) is 13.0 Å². The van der Waals surface area contributed by atoms with Crippen LogP contribution in [0.25, 0.3) is 0 Å². The van der Waals surface area contributed by atoms with Crippen molar-refractivity contribution in [3.63, 3.8) is 0 Å². The molecule has 1 atom stereocenters. The second-order valence-corrected chi connectivity index (χ2v) is 6.70. The summed E-state index contributed by atoms with van der Waals surface area (Å²) in [6.45, 7) is 2.01. The van der Waals surface area contributed by atoms with Crippen LogP contribution in [-0.4, -0.2) is 24.5 Å². The van der Waals surface area contributed by atoms with Gasteiger partial charge in [0.15, 0.2) is 11.5 Å². The lowest BCUT2D eigenvalue weighted by Crippen LogP contribution is -2.40. The minimum absolute atomic E-state index is 0.146. The number of rotatable bonds is 4. The van der Waals surface area contributed by atoms with E-state index in [-0.39, 0.29) is 18.4 Å². The smallest absolute Gasteiger partial charge is 0.269 e. The molecule has 1 heterocycles. The van der Waals surface area contributed by atoms with Crippen molar-refractivity contribution in [1.82, 2.24) is 0 Å². The average Bonchev–Trinajstić information content (AvgIpc) is 2.75. The number of carbonyl (C=O) groups is 2. The van der Waals surface area contributed by atoms with E-state index in [1.165, 1.54) is 0 Å². The van der Waals surface area contributed by atoms with Gasteiger partial charge in [0, 0.05) is 16.9 Å². The molecule has 0 bridgehead atoms. The van der Waals surface area contributed by atoms with Gasteiger partial charge in [-0.3, -0.25) is 9.59 Å². The SMILES string of the molecule is Cc1cc(NC(=O)[C@@H]2COc3ccccc3O2)ccc1NC(=O)c1ccccc1. The standard InChI is InChI=1S/C23H20N2O4/c1-15-13-17(11-12-18(15)25-22(26)16-7-3-2-4-8-16)24-23(27)21-14-28-19-9-5-6-10-20(19)29-21/h2-13,21H,14H2,1H3,(H,24,27)(H,25,26)/t21-/m0/s1. The summed E-state index contributed by atoms with van der Waals surface area (Å²) in [5, 5.41) is 5.72. The number of fused-ring (bicyclic) bond motifs is 1. The molecule has 0 aromatic heterocycles. The van der Waals surface area contributed by atoms with Gasteiger partial charge in [0.1, 0.15) is 6.61 Å². The minimum atomic E-state index is -0.734. The zero-order chi connectivity index (χ0) is 20.2. The fraction of sp³-hybridized carbons (Fsp3) is 0.130. The molecule has 3 aromatic carbocycles. The highest BCUT2D eigenvalue weighted by Crippen LogP contribution is 2.31. The molecule has 1 aliphatic heterocycles. The van der Waals surface area contributed by atoms with Crippen LogP contribution in [0.15, 0.2) is 72.8 Å². The normalized spacial score (nSPS) is 14.7. The van der Waals surface area contributed by atoms with Crippen LogP contribution in [0.3, 0.4) is 0 Å². The monoisotopic (exact) mass is 388 g/mol. The fourth-order valence-electron chi connectivity index (χ4n) is 3.04. The summed E-state index contributed by atoms with van der Waals surface area (Å²) in [7, 11) is 0. The van der Waals surface area contributed by atoms with Crippen LogP contribution in [0.4, 0.5) is 11.4 Å². The molecule has 3 aromatic rings. The van der Waals surface area contributed by atoms with E-state index in [4.69, 9.17) is 9.47 Å². The van der Waals surface area contributed by atoms with Crippen molar-refractivity contribution < 1.29 is 19.1 Å². The Hall–Kier alpha value is -3.80. The van der Waals surface area contributed by atoms with Gasteiger partial charge in [0.2, 0.25) is 6.10 Å². The Morgan fingerprint density at radius 1 is 0.897 bits per heavy atom. The maximum Gasteiger partial charge on any atom is 0.269 e. The van der Waals surface area contributed by atoms with Gasteiger partial charge in [-0.15, -0.1) is 0 Å². The highest BCUT2D eigenvalue weighted by molar-refractivity contribution is 6.04. The Morgan fingerprint density at radius 3 is 2.38 bits per heavy atom. The Labute approximate surface area is 168 Å². The quantitative estimate of drug-likeness (QED) is 0.708. The molecule has 4 rings (SSSR count). The van der Waals surface area contributed by atoms with Crippen molar-refractivity contribution in [3.8, 4) is 11.5 Å². The number of anilines is 2. The Balaban J connectivity index is 1.40. The zero-order valence-corrected chi connectivity index (χ0v) is 15.8. The van der Waals surface area contributed by atoms with E-state index in [9.17, 15) is 9.59 Å². The summed E-state index contributed by atoms with van der Waals surface area (Å²) in [6, 6.07) is 21.5. The number of aryl methyl sites for hydroxylation is 1. The molecule has 146 valence electrons. The van der Waals surface area contributed by atoms with E-state index in [1.54, 1.807) is 42.5 Å².